The predicted octanol–water partition coefficient (Wildman–Crippen LogP) is 2.20. The largest absolute Gasteiger partial charge is 0.339 e. The standard InChI is InChI=1S/C20H31N3O/c24-20(23-13-11-21-12-14-23)16-22-19(18-9-5-2-6-10-18)15-17-7-3-1-4-8-17/h1,3-4,7-8,18-19,21-22H,2,5-6,9-16H2. The van der Waals surface area contributed by atoms with Gasteiger partial charge in [-0.05, 0) is 30.7 Å². The Kier molecular flexibility index (Phi) is 6.67. The van der Waals surface area contributed by atoms with E-state index in [9.17, 15) is 4.79 Å². The molecule has 0 spiro atoms. The maximum Gasteiger partial charge on any atom is 0.236 e. The van der Waals surface area contributed by atoms with E-state index in [1.807, 2.05) is 4.90 Å². The van der Waals surface area contributed by atoms with Crippen molar-refractivity contribution in [1.29, 1.82) is 0 Å². The van der Waals surface area contributed by atoms with Crippen LogP contribution in [0, 0.1) is 5.92 Å². The van der Waals surface area contributed by atoms with Gasteiger partial charge >= 0.3 is 0 Å². The maximum absolute atomic E-state index is 12.5. The van der Waals surface area contributed by atoms with Crippen molar-refractivity contribution in [3.8, 4) is 0 Å². The Morgan fingerprint density at radius 2 is 1.83 bits per heavy atom. The summed E-state index contributed by atoms with van der Waals surface area (Å²) in [6, 6.07) is 11.1. The summed E-state index contributed by atoms with van der Waals surface area (Å²) in [7, 11) is 0. The van der Waals surface area contributed by atoms with E-state index in [1.165, 1.54) is 37.7 Å². The first-order chi connectivity index (χ1) is 11.8. The van der Waals surface area contributed by atoms with E-state index in [-0.39, 0.29) is 5.91 Å². The first kappa shape index (κ1) is 17.4. The van der Waals surface area contributed by atoms with Crippen molar-refractivity contribution in [2.45, 2.75) is 44.6 Å². The number of carbonyl (C=O) groups is 1. The van der Waals surface area contributed by atoms with Crippen molar-refractivity contribution < 1.29 is 4.79 Å². The Bertz CT molecular complexity index is 493. The van der Waals surface area contributed by atoms with Crippen LogP contribution in [0.25, 0.3) is 0 Å². The minimum absolute atomic E-state index is 0.255. The molecular weight excluding hydrogens is 298 g/mol. The summed E-state index contributed by atoms with van der Waals surface area (Å²) in [6.45, 7) is 4.00. The molecule has 1 saturated heterocycles. The average molecular weight is 329 g/mol. The van der Waals surface area contributed by atoms with Gasteiger partial charge in [-0.15, -0.1) is 0 Å². The lowest BCUT2D eigenvalue weighted by Crippen LogP contribution is -2.51. The van der Waals surface area contributed by atoms with Crippen LogP contribution in [0.15, 0.2) is 30.3 Å². The van der Waals surface area contributed by atoms with Gasteiger partial charge in [0.15, 0.2) is 0 Å². The summed E-state index contributed by atoms with van der Waals surface area (Å²) in [5.41, 5.74) is 1.37. The lowest BCUT2D eigenvalue weighted by molar-refractivity contribution is -0.131. The van der Waals surface area contributed by atoms with Crippen LogP contribution < -0.4 is 10.6 Å². The molecule has 2 fully saturated rings. The summed E-state index contributed by atoms with van der Waals surface area (Å²) in [5, 5.41) is 6.93. The summed E-state index contributed by atoms with van der Waals surface area (Å²) < 4.78 is 0. The van der Waals surface area contributed by atoms with E-state index in [0.717, 1.165) is 32.6 Å². The summed E-state index contributed by atoms with van der Waals surface area (Å²) >= 11 is 0. The number of nitrogens with one attached hydrogen (secondary N) is 2. The summed E-state index contributed by atoms with van der Waals surface area (Å²) in [4.78, 5) is 14.5. The minimum Gasteiger partial charge on any atom is -0.339 e. The Balaban J connectivity index is 1.57. The van der Waals surface area contributed by atoms with Crippen LogP contribution >= 0.6 is 0 Å². The smallest absolute Gasteiger partial charge is 0.236 e. The van der Waals surface area contributed by atoms with Gasteiger partial charge in [0, 0.05) is 32.2 Å². The molecule has 1 unspecified atom stereocenters. The van der Waals surface area contributed by atoms with Gasteiger partial charge in [0.2, 0.25) is 5.91 Å². The number of nitrogens with zero attached hydrogens (tertiary/aromatic N) is 1. The fourth-order valence-corrected chi connectivity index (χ4v) is 4.05. The molecular formula is C20H31N3O. The Morgan fingerprint density at radius 3 is 2.54 bits per heavy atom. The molecule has 3 rings (SSSR count). The van der Waals surface area contributed by atoms with E-state index >= 15 is 0 Å². The predicted molar refractivity (Wildman–Crippen MR) is 98.0 cm³/mol. The molecule has 132 valence electrons. The van der Waals surface area contributed by atoms with E-state index in [4.69, 9.17) is 0 Å². The molecule has 1 aromatic carbocycles. The van der Waals surface area contributed by atoms with Crippen molar-refractivity contribution in [1.82, 2.24) is 15.5 Å². The second-order valence-corrected chi connectivity index (χ2v) is 7.21. The van der Waals surface area contributed by atoms with Gasteiger partial charge in [-0.25, -0.2) is 0 Å². The number of carbonyl (C=O) groups excluding carboxylic acids is 1. The van der Waals surface area contributed by atoms with E-state index in [2.05, 4.69) is 41.0 Å². The number of benzene rings is 1. The normalized spacial score (nSPS) is 20.8. The molecule has 4 heteroatoms. The van der Waals surface area contributed by atoms with Crippen LogP contribution in [0.1, 0.15) is 37.7 Å². The number of rotatable bonds is 6. The zero-order valence-corrected chi connectivity index (χ0v) is 14.7. The number of hydrogen-bond acceptors (Lipinski definition) is 3. The van der Waals surface area contributed by atoms with Crippen LogP contribution in [0.3, 0.4) is 0 Å². The zero-order chi connectivity index (χ0) is 16.6. The molecule has 4 nitrogen and oxygen atoms in total. The molecule has 24 heavy (non-hydrogen) atoms. The molecule has 1 saturated carbocycles. The lowest BCUT2D eigenvalue weighted by Gasteiger charge is -2.33. The number of piperazine rings is 1. The van der Waals surface area contributed by atoms with Gasteiger partial charge in [-0.2, -0.15) is 0 Å². The minimum atomic E-state index is 0.255. The highest BCUT2D eigenvalue weighted by molar-refractivity contribution is 5.78. The maximum atomic E-state index is 12.5. The van der Waals surface area contributed by atoms with Crippen molar-refractivity contribution in [3.63, 3.8) is 0 Å². The third-order valence-electron chi connectivity index (χ3n) is 5.50. The highest BCUT2D eigenvalue weighted by Gasteiger charge is 2.25. The van der Waals surface area contributed by atoms with Gasteiger partial charge in [-0.3, -0.25) is 4.79 Å². The fraction of sp³-hybridized carbons (Fsp3) is 0.650. The lowest BCUT2D eigenvalue weighted by atomic mass is 9.81. The first-order valence-corrected chi connectivity index (χ1v) is 9.59. The van der Waals surface area contributed by atoms with Gasteiger partial charge in [-0.1, -0.05) is 49.6 Å². The molecule has 0 aromatic heterocycles. The van der Waals surface area contributed by atoms with Crippen molar-refractivity contribution in [2.75, 3.05) is 32.7 Å². The van der Waals surface area contributed by atoms with Crippen LogP contribution in [-0.2, 0) is 11.2 Å². The highest BCUT2D eigenvalue weighted by atomic mass is 16.2. The molecule has 2 N–H and O–H groups in total. The van der Waals surface area contributed by atoms with Crippen molar-refractivity contribution in [3.05, 3.63) is 35.9 Å². The molecule has 0 radical (unpaired) electrons. The third-order valence-corrected chi connectivity index (χ3v) is 5.50. The van der Waals surface area contributed by atoms with Crippen LogP contribution in [-0.4, -0.2) is 49.6 Å². The van der Waals surface area contributed by atoms with E-state index in [0.29, 0.717) is 18.5 Å². The first-order valence-electron chi connectivity index (χ1n) is 9.59. The van der Waals surface area contributed by atoms with Gasteiger partial charge in [0.25, 0.3) is 0 Å². The second kappa shape index (κ2) is 9.19. The SMILES string of the molecule is O=C(CNC(Cc1ccccc1)C1CCCCC1)N1CCNCC1. The molecule has 1 aliphatic carbocycles. The van der Waals surface area contributed by atoms with Crippen molar-refractivity contribution >= 4 is 5.91 Å². The fourth-order valence-electron chi connectivity index (χ4n) is 4.05. The molecule has 2 aliphatic rings. The van der Waals surface area contributed by atoms with Gasteiger partial charge < -0.3 is 15.5 Å². The van der Waals surface area contributed by atoms with Crippen LogP contribution in [0.5, 0.6) is 0 Å². The van der Waals surface area contributed by atoms with Gasteiger partial charge in [0.05, 0.1) is 6.54 Å². The van der Waals surface area contributed by atoms with Crippen molar-refractivity contribution in [2.24, 2.45) is 5.92 Å². The third kappa shape index (κ3) is 5.05. The topological polar surface area (TPSA) is 44.4 Å². The molecule has 1 aliphatic heterocycles. The molecule has 1 aromatic rings. The number of hydrogen-bond donors (Lipinski definition) is 2. The molecule has 0 bridgehead atoms. The summed E-state index contributed by atoms with van der Waals surface area (Å²) in [6.07, 6.45) is 7.67. The average Bonchev–Trinajstić information content (AvgIpc) is 2.67. The Hall–Kier alpha value is -1.39. The van der Waals surface area contributed by atoms with Gasteiger partial charge in [0.1, 0.15) is 0 Å². The highest BCUT2D eigenvalue weighted by Crippen LogP contribution is 2.28. The summed E-state index contributed by atoms with van der Waals surface area (Å²) in [5.74, 6) is 0.958. The molecule has 1 heterocycles. The Morgan fingerprint density at radius 1 is 1.12 bits per heavy atom. The quantitative estimate of drug-likeness (QED) is 0.841. The molecule has 1 amide bonds. The number of amides is 1. The zero-order valence-electron chi connectivity index (χ0n) is 14.7. The monoisotopic (exact) mass is 329 g/mol. The van der Waals surface area contributed by atoms with Crippen LogP contribution in [0.4, 0.5) is 0 Å². The van der Waals surface area contributed by atoms with E-state index in [1.54, 1.807) is 0 Å². The van der Waals surface area contributed by atoms with E-state index < -0.39 is 0 Å². The second-order valence-electron chi connectivity index (χ2n) is 7.21. The Labute approximate surface area is 146 Å². The molecule has 1 atom stereocenters. The van der Waals surface area contributed by atoms with Crippen LogP contribution in [0.2, 0.25) is 0 Å².